The van der Waals surface area contributed by atoms with Gasteiger partial charge in [0.2, 0.25) is 5.91 Å². The SMILES string of the molecule is COc1ccc(C2NNC3c4cc(-c5ccc(NC(=O)CN6CCCC6)nc5)sc4CC23)cc1. The number of rotatable bonds is 6. The molecule has 1 aliphatic carbocycles. The largest absolute Gasteiger partial charge is 0.497 e. The number of nitrogens with one attached hydrogen (secondary N) is 3. The molecular weight excluding hydrogens is 446 g/mol. The molecule has 34 heavy (non-hydrogen) atoms. The third-order valence-electron chi connectivity index (χ3n) is 7.20. The molecule has 176 valence electrons. The van der Waals surface area contributed by atoms with E-state index in [1.54, 1.807) is 7.11 Å². The minimum atomic E-state index is 0.00881. The molecular formula is C26H29N5O2S. The van der Waals surface area contributed by atoms with Crippen LogP contribution in [0, 0.1) is 5.92 Å². The van der Waals surface area contributed by atoms with Crippen LogP contribution in [0.4, 0.5) is 5.82 Å². The van der Waals surface area contributed by atoms with Crippen molar-refractivity contribution >= 4 is 23.1 Å². The fraction of sp³-hybridized carbons (Fsp3) is 0.385. The van der Waals surface area contributed by atoms with Crippen LogP contribution < -0.4 is 20.9 Å². The molecule has 7 nitrogen and oxygen atoms in total. The number of nitrogens with zero attached hydrogens (tertiary/aromatic N) is 2. The van der Waals surface area contributed by atoms with Crippen molar-refractivity contribution in [3.63, 3.8) is 0 Å². The van der Waals surface area contributed by atoms with Crippen molar-refractivity contribution in [2.45, 2.75) is 31.3 Å². The first-order valence-electron chi connectivity index (χ1n) is 11.9. The van der Waals surface area contributed by atoms with E-state index in [-0.39, 0.29) is 11.9 Å². The van der Waals surface area contributed by atoms with E-state index >= 15 is 0 Å². The maximum Gasteiger partial charge on any atom is 0.239 e. The van der Waals surface area contributed by atoms with Gasteiger partial charge in [-0.1, -0.05) is 12.1 Å². The molecule has 0 bridgehead atoms. The highest BCUT2D eigenvalue weighted by molar-refractivity contribution is 7.15. The number of likely N-dealkylation sites (tertiary alicyclic amines) is 1. The average Bonchev–Trinajstić information content (AvgIpc) is 3.63. The minimum absolute atomic E-state index is 0.00881. The number of hydrogen-bond acceptors (Lipinski definition) is 7. The number of hydrogen-bond donors (Lipinski definition) is 3. The molecule has 0 saturated carbocycles. The van der Waals surface area contributed by atoms with Crippen molar-refractivity contribution in [1.82, 2.24) is 20.7 Å². The van der Waals surface area contributed by atoms with E-state index in [9.17, 15) is 4.79 Å². The number of hydrazine groups is 1. The van der Waals surface area contributed by atoms with Crippen LogP contribution in [0.25, 0.3) is 10.4 Å². The number of thiophene rings is 1. The molecule has 3 N–H and O–H groups in total. The average molecular weight is 476 g/mol. The fourth-order valence-corrected chi connectivity index (χ4v) is 6.70. The Morgan fingerprint density at radius 1 is 1.15 bits per heavy atom. The topological polar surface area (TPSA) is 78.5 Å². The molecule has 3 aromatic rings. The number of aromatic nitrogens is 1. The molecule has 2 aromatic heterocycles. The van der Waals surface area contributed by atoms with Gasteiger partial charge in [0.1, 0.15) is 11.6 Å². The lowest BCUT2D eigenvalue weighted by Gasteiger charge is -2.17. The molecule has 2 aliphatic heterocycles. The van der Waals surface area contributed by atoms with E-state index in [1.807, 2.05) is 35.7 Å². The second-order valence-corrected chi connectivity index (χ2v) is 10.5. The van der Waals surface area contributed by atoms with Crippen LogP contribution in [-0.2, 0) is 11.2 Å². The van der Waals surface area contributed by atoms with E-state index in [4.69, 9.17) is 4.74 Å². The van der Waals surface area contributed by atoms with Crippen LogP contribution in [-0.4, -0.2) is 42.5 Å². The Bertz CT molecular complexity index is 1170. The van der Waals surface area contributed by atoms with Crippen molar-refractivity contribution in [3.05, 3.63) is 64.7 Å². The minimum Gasteiger partial charge on any atom is -0.497 e. The van der Waals surface area contributed by atoms with Gasteiger partial charge in [-0.05, 0) is 73.8 Å². The van der Waals surface area contributed by atoms with Gasteiger partial charge in [-0.25, -0.2) is 15.8 Å². The molecule has 0 spiro atoms. The Kier molecular flexibility index (Phi) is 5.82. The van der Waals surface area contributed by atoms with Gasteiger partial charge in [0, 0.05) is 27.4 Å². The van der Waals surface area contributed by atoms with Crippen molar-refractivity contribution in [2.75, 3.05) is 32.1 Å². The smallest absolute Gasteiger partial charge is 0.239 e. The summed E-state index contributed by atoms with van der Waals surface area (Å²) in [7, 11) is 1.70. The fourth-order valence-electron chi connectivity index (χ4n) is 5.43. The highest BCUT2D eigenvalue weighted by Gasteiger charge is 2.44. The molecule has 1 amide bonds. The summed E-state index contributed by atoms with van der Waals surface area (Å²) in [6.45, 7) is 2.47. The van der Waals surface area contributed by atoms with Gasteiger partial charge in [-0.3, -0.25) is 9.69 Å². The van der Waals surface area contributed by atoms with Gasteiger partial charge >= 0.3 is 0 Å². The molecule has 2 saturated heterocycles. The molecule has 2 fully saturated rings. The Hall–Kier alpha value is -2.78. The Balaban J connectivity index is 1.12. The second kappa shape index (κ2) is 9.11. The number of carbonyl (C=O) groups is 1. The quantitative estimate of drug-likeness (QED) is 0.502. The third-order valence-corrected chi connectivity index (χ3v) is 8.43. The maximum atomic E-state index is 12.3. The van der Waals surface area contributed by atoms with Crippen molar-refractivity contribution in [1.29, 1.82) is 0 Å². The second-order valence-electron chi connectivity index (χ2n) is 9.34. The third kappa shape index (κ3) is 4.11. The predicted octanol–water partition coefficient (Wildman–Crippen LogP) is 3.92. The lowest BCUT2D eigenvalue weighted by Crippen LogP contribution is -2.31. The summed E-state index contributed by atoms with van der Waals surface area (Å²) >= 11 is 1.85. The molecule has 4 heterocycles. The van der Waals surface area contributed by atoms with Gasteiger partial charge in [-0.15, -0.1) is 11.3 Å². The maximum absolute atomic E-state index is 12.3. The lowest BCUT2D eigenvalue weighted by molar-refractivity contribution is -0.117. The molecule has 3 aliphatic rings. The van der Waals surface area contributed by atoms with Gasteiger partial charge in [-0.2, -0.15) is 0 Å². The summed E-state index contributed by atoms with van der Waals surface area (Å²) in [5, 5.41) is 2.93. The molecule has 8 heteroatoms. The van der Waals surface area contributed by atoms with Crippen molar-refractivity contribution < 1.29 is 9.53 Å². The number of benzene rings is 1. The Morgan fingerprint density at radius 3 is 2.68 bits per heavy atom. The number of methoxy groups -OCH3 is 1. The Morgan fingerprint density at radius 2 is 1.94 bits per heavy atom. The summed E-state index contributed by atoms with van der Waals surface area (Å²) in [5.41, 5.74) is 10.8. The zero-order valence-corrected chi connectivity index (χ0v) is 20.0. The standard InChI is InChI=1S/C26H29N5O2S/c1-33-18-7-4-16(5-8-18)25-20-13-22-19(26(20)30-29-25)12-21(34-22)17-6-9-23(27-14-17)28-24(32)15-31-10-2-3-11-31/h4-9,12,14,20,25-26,29-30H,2-3,10-11,13,15H2,1H3,(H,27,28,32). The van der Waals surface area contributed by atoms with Crippen LogP contribution in [0.1, 0.15) is 40.9 Å². The number of anilines is 1. The number of ether oxygens (including phenoxy) is 1. The number of pyridine rings is 1. The first-order valence-corrected chi connectivity index (χ1v) is 12.8. The predicted molar refractivity (Wildman–Crippen MR) is 134 cm³/mol. The normalized spacial score (nSPS) is 23.6. The van der Waals surface area contributed by atoms with E-state index in [0.29, 0.717) is 24.3 Å². The van der Waals surface area contributed by atoms with Crippen LogP contribution in [0.5, 0.6) is 5.75 Å². The van der Waals surface area contributed by atoms with Crippen LogP contribution in [0.2, 0.25) is 0 Å². The summed E-state index contributed by atoms with van der Waals surface area (Å²) < 4.78 is 5.30. The zero-order chi connectivity index (χ0) is 23.1. The summed E-state index contributed by atoms with van der Waals surface area (Å²) in [4.78, 5) is 21.6. The summed E-state index contributed by atoms with van der Waals surface area (Å²) in [6, 6.07) is 15.2. The van der Waals surface area contributed by atoms with E-state index in [0.717, 1.165) is 30.8 Å². The van der Waals surface area contributed by atoms with Crippen molar-refractivity contribution in [2.24, 2.45) is 5.92 Å². The van der Waals surface area contributed by atoms with E-state index in [1.165, 1.54) is 33.7 Å². The molecule has 0 radical (unpaired) electrons. The van der Waals surface area contributed by atoms with Crippen LogP contribution in [0.15, 0.2) is 48.7 Å². The van der Waals surface area contributed by atoms with Crippen LogP contribution >= 0.6 is 11.3 Å². The van der Waals surface area contributed by atoms with Gasteiger partial charge in [0.25, 0.3) is 0 Å². The zero-order valence-electron chi connectivity index (χ0n) is 19.2. The number of carbonyl (C=O) groups excluding carboxylic acids is 1. The molecule has 6 rings (SSSR count). The summed E-state index contributed by atoms with van der Waals surface area (Å²) in [6.07, 6.45) is 5.28. The van der Waals surface area contributed by atoms with Gasteiger partial charge in [0.05, 0.1) is 25.7 Å². The lowest BCUT2D eigenvalue weighted by atomic mass is 9.90. The van der Waals surface area contributed by atoms with Gasteiger partial charge in [0.15, 0.2) is 0 Å². The van der Waals surface area contributed by atoms with Gasteiger partial charge < -0.3 is 10.1 Å². The van der Waals surface area contributed by atoms with E-state index < -0.39 is 0 Å². The van der Waals surface area contributed by atoms with E-state index in [2.05, 4.69) is 50.3 Å². The molecule has 3 unspecified atom stereocenters. The highest BCUT2D eigenvalue weighted by atomic mass is 32.1. The first-order chi connectivity index (χ1) is 16.7. The molecule has 3 atom stereocenters. The number of amides is 1. The summed E-state index contributed by atoms with van der Waals surface area (Å²) in [5.74, 6) is 2.00. The highest BCUT2D eigenvalue weighted by Crippen LogP contribution is 2.50. The van der Waals surface area contributed by atoms with Crippen molar-refractivity contribution in [3.8, 4) is 16.2 Å². The number of fused-ring (bicyclic) bond motifs is 3. The monoisotopic (exact) mass is 475 g/mol. The first kappa shape index (κ1) is 21.7. The Labute approximate surface area is 203 Å². The van der Waals surface area contributed by atoms with Crippen LogP contribution in [0.3, 0.4) is 0 Å². The molecule has 1 aromatic carbocycles.